The van der Waals surface area contributed by atoms with Crippen molar-refractivity contribution in [3.63, 3.8) is 0 Å². The van der Waals surface area contributed by atoms with E-state index in [1.165, 1.54) is 30.3 Å². The van der Waals surface area contributed by atoms with Gasteiger partial charge in [0, 0.05) is 23.8 Å². The zero-order valence-electron chi connectivity index (χ0n) is 11.8. The summed E-state index contributed by atoms with van der Waals surface area (Å²) in [6.45, 7) is 1.61. The second-order valence-corrected chi connectivity index (χ2v) is 5.11. The minimum absolute atomic E-state index is 0.00384. The fourth-order valence-corrected chi connectivity index (χ4v) is 2.41. The Hall–Kier alpha value is -3.36. The molecule has 1 heterocycles. The number of nitro groups is 2. The van der Waals surface area contributed by atoms with Crippen molar-refractivity contribution < 1.29 is 15.0 Å². The average Bonchev–Trinajstić information content (AvgIpc) is 2.87. The average molecular weight is 314 g/mol. The van der Waals surface area contributed by atoms with Crippen molar-refractivity contribution in [3.8, 4) is 5.75 Å². The summed E-state index contributed by atoms with van der Waals surface area (Å²) in [5.41, 5.74) is -1.01. The number of non-ortho nitro benzene ring substituents is 2. The molecule has 0 fully saturated rings. The molecule has 1 atom stereocenters. The van der Waals surface area contributed by atoms with Crippen LogP contribution in [-0.2, 0) is 5.66 Å². The third-order valence-electron chi connectivity index (χ3n) is 3.59. The highest BCUT2D eigenvalue weighted by atomic mass is 16.6. The first-order valence-electron chi connectivity index (χ1n) is 6.53. The molecular weight excluding hydrogens is 304 g/mol. The van der Waals surface area contributed by atoms with Crippen molar-refractivity contribution in [2.75, 3.05) is 0 Å². The van der Waals surface area contributed by atoms with Crippen LogP contribution < -0.4 is 10.7 Å². The van der Waals surface area contributed by atoms with Crippen LogP contribution in [0.3, 0.4) is 0 Å². The Morgan fingerprint density at radius 1 is 0.957 bits per heavy atom. The van der Waals surface area contributed by atoms with Crippen LogP contribution in [0, 0.1) is 20.2 Å². The van der Waals surface area contributed by atoms with E-state index in [4.69, 9.17) is 0 Å². The second-order valence-electron chi connectivity index (χ2n) is 5.11. The number of phenols is 1. The minimum Gasteiger partial charge on any atom is -0.506 e. The van der Waals surface area contributed by atoms with Crippen LogP contribution in [0.1, 0.15) is 12.5 Å². The maximum atomic E-state index is 11.1. The topological polar surface area (TPSA) is 131 Å². The van der Waals surface area contributed by atoms with Crippen LogP contribution in [-0.4, -0.2) is 15.0 Å². The number of hydrogen-bond donors (Lipinski definition) is 1. The molecule has 0 bridgehead atoms. The van der Waals surface area contributed by atoms with Gasteiger partial charge in [0.25, 0.3) is 11.4 Å². The normalized spacial score (nSPS) is 18.7. The number of benzene rings is 2. The molecule has 23 heavy (non-hydrogen) atoms. The third-order valence-corrected chi connectivity index (χ3v) is 3.59. The molecule has 0 aliphatic carbocycles. The smallest absolute Gasteiger partial charge is 0.296 e. The van der Waals surface area contributed by atoms with Gasteiger partial charge in [-0.05, 0) is 25.1 Å². The second kappa shape index (κ2) is 4.83. The molecule has 1 aliphatic rings. The highest BCUT2D eigenvalue weighted by Crippen LogP contribution is 2.30. The van der Waals surface area contributed by atoms with Crippen molar-refractivity contribution >= 4 is 11.4 Å². The molecule has 1 unspecified atom stereocenters. The maximum Gasteiger partial charge on any atom is 0.296 e. The molecule has 0 spiro atoms. The SMILES string of the molecule is CC1(c2ccc([N+](=O)[O-])cc2)N=c2c(O)ccc([N+](=O)[O-])c2=N1. The monoisotopic (exact) mass is 314 g/mol. The van der Waals surface area contributed by atoms with E-state index in [2.05, 4.69) is 9.98 Å². The fraction of sp³-hybridized carbons (Fsp3) is 0.143. The summed E-state index contributed by atoms with van der Waals surface area (Å²) in [5.74, 6) is -0.208. The predicted molar refractivity (Wildman–Crippen MR) is 77.5 cm³/mol. The van der Waals surface area contributed by atoms with Gasteiger partial charge < -0.3 is 5.11 Å². The van der Waals surface area contributed by atoms with Crippen LogP contribution in [0.5, 0.6) is 5.75 Å². The van der Waals surface area contributed by atoms with Gasteiger partial charge in [0.1, 0.15) is 11.1 Å². The Morgan fingerprint density at radius 3 is 2.13 bits per heavy atom. The zero-order valence-corrected chi connectivity index (χ0v) is 11.8. The Bertz CT molecular complexity index is 954. The van der Waals surface area contributed by atoms with Crippen molar-refractivity contribution in [2.45, 2.75) is 12.6 Å². The summed E-state index contributed by atoms with van der Waals surface area (Å²) in [6, 6.07) is 7.94. The Morgan fingerprint density at radius 2 is 1.57 bits per heavy atom. The molecule has 2 aromatic carbocycles. The van der Waals surface area contributed by atoms with Crippen LogP contribution in [0.25, 0.3) is 0 Å². The highest BCUT2D eigenvalue weighted by molar-refractivity contribution is 5.40. The summed E-state index contributed by atoms with van der Waals surface area (Å²) in [6.07, 6.45) is 0. The van der Waals surface area contributed by atoms with Crippen molar-refractivity contribution in [1.29, 1.82) is 0 Å². The number of hydrogen-bond acceptors (Lipinski definition) is 7. The number of phenolic OH excluding ortho intramolecular Hbond substituents is 1. The molecule has 0 radical (unpaired) electrons. The van der Waals surface area contributed by atoms with Gasteiger partial charge in [-0.3, -0.25) is 20.2 Å². The van der Waals surface area contributed by atoms with Gasteiger partial charge in [0.05, 0.1) is 9.85 Å². The quantitative estimate of drug-likeness (QED) is 0.674. The number of nitrogens with zero attached hydrogens (tertiary/aromatic N) is 4. The lowest BCUT2D eigenvalue weighted by atomic mass is 10.0. The molecule has 0 saturated heterocycles. The molecule has 116 valence electrons. The first-order valence-corrected chi connectivity index (χ1v) is 6.53. The number of rotatable bonds is 3. The molecule has 1 N–H and O–H groups in total. The lowest BCUT2D eigenvalue weighted by Gasteiger charge is -2.17. The van der Waals surface area contributed by atoms with E-state index in [9.17, 15) is 25.3 Å². The van der Waals surface area contributed by atoms with E-state index in [1.807, 2.05) is 0 Å². The Balaban J connectivity index is 2.19. The van der Waals surface area contributed by atoms with Crippen LogP contribution in [0.2, 0.25) is 0 Å². The van der Waals surface area contributed by atoms with Gasteiger partial charge in [0.15, 0.2) is 11.0 Å². The Labute approximate surface area is 128 Å². The van der Waals surface area contributed by atoms with Crippen LogP contribution in [0.15, 0.2) is 46.4 Å². The van der Waals surface area contributed by atoms with Gasteiger partial charge in [-0.2, -0.15) is 0 Å². The summed E-state index contributed by atoms with van der Waals surface area (Å²) < 4.78 is 0. The number of aromatic hydroxyl groups is 1. The van der Waals surface area contributed by atoms with Crippen molar-refractivity contribution in [1.82, 2.24) is 0 Å². The van der Waals surface area contributed by atoms with Crippen LogP contribution >= 0.6 is 0 Å². The fourth-order valence-electron chi connectivity index (χ4n) is 2.41. The molecule has 0 aromatic heterocycles. The molecular formula is C14H10N4O5. The molecule has 0 amide bonds. The molecule has 0 saturated carbocycles. The molecule has 9 nitrogen and oxygen atoms in total. The van der Waals surface area contributed by atoms with Gasteiger partial charge in [-0.25, -0.2) is 9.98 Å². The molecule has 1 aliphatic heterocycles. The first kappa shape index (κ1) is 14.6. The minimum atomic E-state index is -1.19. The lowest BCUT2D eigenvalue weighted by molar-refractivity contribution is -0.386. The summed E-state index contributed by atoms with van der Waals surface area (Å²) in [5, 5.41) is 31.7. The number of nitro benzene ring substituents is 2. The summed E-state index contributed by atoms with van der Waals surface area (Å²) >= 11 is 0. The van der Waals surface area contributed by atoms with Crippen LogP contribution in [0.4, 0.5) is 11.4 Å². The van der Waals surface area contributed by atoms with E-state index in [0.29, 0.717) is 5.56 Å². The summed E-state index contributed by atoms with van der Waals surface area (Å²) in [7, 11) is 0. The van der Waals surface area contributed by atoms with Crippen molar-refractivity contribution in [3.05, 3.63) is 72.9 Å². The van der Waals surface area contributed by atoms with Gasteiger partial charge in [0.2, 0.25) is 0 Å². The van der Waals surface area contributed by atoms with E-state index >= 15 is 0 Å². The van der Waals surface area contributed by atoms with E-state index in [1.54, 1.807) is 6.92 Å². The van der Waals surface area contributed by atoms with Gasteiger partial charge in [-0.15, -0.1) is 0 Å². The zero-order chi connectivity index (χ0) is 16.8. The molecule has 9 heteroatoms. The van der Waals surface area contributed by atoms with Gasteiger partial charge >= 0.3 is 0 Å². The van der Waals surface area contributed by atoms with Crippen molar-refractivity contribution in [2.24, 2.45) is 9.98 Å². The standard InChI is InChI=1S/C14H10N4O5/c1-14(8-2-4-9(5-3-8)17(20)21)15-12-10(18(22)23)6-7-11(19)13(12)16-14/h2-7,19H,1H3. The first-order chi connectivity index (χ1) is 10.8. The largest absolute Gasteiger partial charge is 0.506 e. The maximum absolute atomic E-state index is 11.1. The third kappa shape index (κ3) is 2.27. The highest BCUT2D eigenvalue weighted by Gasteiger charge is 2.32. The summed E-state index contributed by atoms with van der Waals surface area (Å²) in [4.78, 5) is 29.2. The lowest BCUT2D eigenvalue weighted by Crippen LogP contribution is -2.24. The van der Waals surface area contributed by atoms with Gasteiger partial charge in [-0.1, -0.05) is 0 Å². The van der Waals surface area contributed by atoms with E-state index < -0.39 is 15.5 Å². The van der Waals surface area contributed by atoms with E-state index in [-0.39, 0.29) is 27.8 Å². The molecule has 3 rings (SSSR count). The number of fused-ring (bicyclic) bond motifs is 1. The van der Waals surface area contributed by atoms with E-state index in [0.717, 1.165) is 6.07 Å². The Kier molecular flexibility index (Phi) is 3.06. The predicted octanol–water partition coefficient (Wildman–Crippen LogP) is 1.33. The molecule has 2 aromatic rings.